The number of ether oxygens (including phenoxy) is 2. The van der Waals surface area contributed by atoms with Crippen molar-refractivity contribution in [1.82, 2.24) is 0 Å². The Labute approximate surface area is 125 Å². The molecule has 0 aromatic heterocycles. The first-order valence-electron chi connectivity index (χ1n) is 6.44. The van der Waals surface area contributed by atoms with Gasteiger partial charge in [-0.3, -0.25) is 9.59 Å². The molecule has 6 heteroatoms. The second-order valence-electron chi connectivity index (χ2n) is 4.82. The molecule has 0 radical (unpaired) electrons. The van der Waals surface area contributed by atoms with Crippen molar-refractivity contribution in [2.24, 2.45) is 0 Å². The molecule has 2 aromatic rings. The molecule has 0 heterocycles. The number of ketones is 2. The lowest BCUT2D eigenvalue weighted by atomic mass is 10.1. The predicted molar refractivity (Wildman–Crippen MR) is 75.3 cm³/mol. The average Bonchev–Trinajstić information content (AvgIpc) is 2.69. The molecule has 0 aliphatic heterocycles. The van der Waals surface area contributed by atoms with E-state index in [-0.39, 0.29) is 11.1 Å². The minimum Gasteiger partial charge on any atom is -0.497 e. The van der Waals surface area contributed by atoms with Crippen LogP contribution in [0.15, 0.2) is 42.5 Å². The summed E-state index contributed by atoms with van der Waals surface area (Å²) in [6, 6.07) is 10.9. The molecular weight excluding hydrogens is 288 g/mol. The first-order chi connectivity index (χ1) is 10.4. The number of carbonyl (C=O) groups is 2. The maximum absolute atomic E-state index is 11.8. The van der Waals surface area contributed by atoms with Crippen molar-refractivity contribution >= 4 is 11.6 Å². The number of rotatable bonds is 3. The molecule has 3 rings (SSSR count). The number of fused-ring (bicyclic) bond motifs is 1. The Kier molecular flexibility index (Phi) is 3.20. The van der Waals surface area contributed by atoms with Crippen LogP contribution in [0.25, 0.3) is 0 Å². The lowest BCUT2D eigenvalue weighted by Gasteiger charge is -2.08. The fourth-order valence-corrected chi connectivity index (χ4v) is 2.23. The normalized spacial score (nSPS) is 15.6. The zero-order chi connectivity index (χ0) is 15.9. The zero-order valence-electron chi connectivity index (χ0n) is 11.6. The summed E-state index contributed by atoms with van der Waals surface area (Å²) in [6.45, 7) is 0. The summed E-state index contributed by atoms with van der Waals surface area (Å²) in [5, 5.41) is 19.0. The van der Waals surface area contributed by atoms with Gasteiger partial charge in [0, 0.05) is 11.1 Å². The van der Waals surface area contributed by atoms with Crippen LogP contribution in [0.4, 0.5) is 0 Å². The molecule has 0 spiro atoms. The lowest BCUT2D eigenvalue weighted by Crippen LogP contribution is -2.40. The molecule has 112 valence electrons. The van der Waals surface area contributed by atoms with Crippen molar-refractivity contribution in [3.8, 4) is 17.2 Å². The molecule has 1 aliphatic rings. The van der Waals surface area contributed by atoms with Gasteiger partial charge in [0.2, 0.25) is 11.6 Å². The van der Waals surface area contributed by atoms with E-state index in [9.17, 15) is 19.8 Å². The van der Waals surface area contributed by atoms with Crippen molar-refractivity contribution in [1.29, 1.82) is 0 Å². The summed E-state index contributed by atoms with van der Waals surface area (Å²) in [6.07, 6.45) is 0. The molecule has 0 unspecified atom stereocenters. The van der Waals surface area contributed by atoms with Gasteiger partial charge in [0.15, 0.2) is 0 Å². The van der Waals surface area contributed by atoms with Gasteiger partial charge in [0.25, 0.3) is 5.79 Å². The minimum atomic E-state index is -2.99. The average molecular weight is 300 g/mol. The molecule has 22 heavy (non-hydrogen) atoms. The smallest absolute Gasteiger partial charge is 0.295 e. The SMILES string of the molecule is COc1ccc(Oc2ccc3c(c2)C(=O)C(O)(O)C3=O)cc1. The van der Waals surface area contributed by atoms with Gasteiger partial charge < -0.3 is 19.7 Å². The Bertz CT molecular complexity index is 761. The van der Waals surface area contributed by atoms with Crippen LogP contribution >= 0.6 is 0 Å². The fourth-order valence-electron chi connectivity index (χ4n) is 2.23. The molecule has 0 fully saturated rings. The summed E-state index contributed by atoms with van der Waals surface area (Å²) < 4.78 is 10.6. The number of benzene rings is 2. The number of Topliss-reactive ketones (excluding diaryl/α,β-unsaturated/α-hetero) is 2. The summed E-state index contributed by atoms with van der Waals surface area (Å²) in [5.41, 5.74) is -0.0990. The lowest BCUT2D eigenvalue weighted by molar-refractivity contribution is -0.0857. The van der Waals surface area contributed by atoms with E-state index in [4.69, 9.17) is 9.47 Å². The molecule has 1 aliphatic carbocycles. The van der Waals surface area contributed by atoms with E-state index in [0.29, 0.717) is 17.2 Å². The van der Waals surface area contributed by atoms with Gasteiger partial charge in [0.05, 0.1) is 7.11 Å². The standard InChI is InChI=1S/C16H12O6/c1-21-9-2-4-10(5-3-9)22-11-6-7-12-13(8-11)15(18)16(19,20)14(12)17/h2-8,19-20H,1H3. The maximum Gasteiger partial charge on any atom is 0.295 e. The summed E-state index contributed by atoms with van der Waals surface area (Å²) >= 11 is 0. The van der Waals surface area contributed by atoms with E-state index in [1.165, 1.54) is 18.2 Å². The van der Waals surface area contributed by atoms with Gasteiger partial charge in [-0.1, -0.05) is 0 Å². The fraction of sp³-hybridized carbons (Fsp3) is 0.125. The van der Waals surface area contributed by atoms with Gasteiger partial charge in [-0.25, -0.2) is 0 Å². The maximum atomic E-state index is 11.8. The molecular formula is C16H12O6. The Balaban J connectivity index is 1.90. The van der Waals surface area contributed by atoms with Gasteiger partial charge in [-0.15, -0.1) is 0 Å². The van der Waals surface area contributed by atoms with E-state index in [1.54, 1.807) is 31.4 Å². The van der Waals surface area contributed by atoms with E-state index in [2.05, 4.69) is 0 Å². The molecule has 2 aromatic carbocycles. The van der Waals surface area contributed by atoms with E-state index < -0.39 is 17.4 Å². The molecule has 2 N–H and O–H groups in total. The summed E-state index contributed by atoms with van der Waals surface area (Å²) in [5.74, 6) is -3.57. The third-order valence-corrected chi connectivity index (χ3v) is 3.41. The Hall–Kier alpha value is -2.70. The molecule has 0 saturated heterocycles. The van der Waals surface area contributed by atoms with Gasteiger partial charge in [-0.05, 0) is 42.5 Å². The van der Waals surface area contributed by atoms with Crippen LogP contribution in [0, 0.1) is 0 Å². The summed E-state index contributed by atoms with van der Waals surface area (Å²) in [4.78, 5) is 23.5. The molecule has 0 amide bonds. The largest absolute Gasteiger partial charge is 0.497 e. The van der Waals surface area contributed by atoms with Gasteiger partial charge in [-0.2, -0.15) is 0 Å². The highest BCUT2D eigenvalue weighted by molar-refractivity contribution is 6.30. The van der Waals surface area contributed by atoms with Crippen LogP contribution in [0.1, 0.15) is 20.7 Å². The van der Waals surface area contributed by atoms with Crippen molar-refractivity contribution in [3.63, 3.8) is 0 Å². The van der Waals surface area contributed by atoms with Crippen LogP contribution in [0.5, 0.6) is 17.2 Å². The van der Waals surface area contributed by atoms with Crippen LogP contribution in [-0.4, -0.2) is 34.7 Å². The quantitative estimate of drug-likeness (QED) is 0.660. The van der Waals surface area contributed by atoms with Crippen molar-refractivity contribution in [2.75, 3.05) is 7.11 Å². The summed E-state index contributed by atoms with van der Waals surface area (Å²) in [7, 11) is 1.55. The number of hydrogen-bond donors (Lipinski definition) is 2. The van der Waals surface area contributed by atoms with Crippen molar-refractivity contribution < 1.29 is 29.3 Å². The molecule has 0 atom stereocenters. The number of hydrogen-bond acceptors (Lipinski definition) is 6. The first kappa shape index (κ1) is 14.2. The Morgan fingerprint density at radius 1 is 0.818 bits per heavy atom. The Morgan fingerprint density at radius 2 is 1.36 bits per heavy atom. The predicted octanol–water partition coefficient (Wildman–Crippen LogP) is 1.55. The van der Waals surface area contributed by atoms with Gasteiger partial charge >= 0.3 is 0 Å². The second kappa shape index (κ2) is 4.94. The van der Waals surface area contributed by atoms with Crippen LogP contribution in [0.3, 0.4) is 0 Å². The topological polar surface area (TPSA) is 93.1 Å². The van der Waals surface area contributed by atoms with E-state index >= 15 is 0 Å². The van der Waals surface area contributed by atoms with Crippen molar-refractivity contribution in [3.05, 3.63) is 53.6 Å². The monoisotopic (exact) mass is 300 g/mol. The zero-order valence-corrected chi connectivity index (χ0v) is 11.6. The van der Waals surface area contributed by atoms with Crippen molar-refractivity contribution in [2.45, 2.75) is 5.79 Å². The molecule has 0 saturated carbocycles. The third-order valence-electron chi connectivity index (χ3n) is 3.41. The first-order valence-corrected chi connectivity index (χ1v) is 6.44. The van der Waals surface area contributed by atoms with Crippen LogP contribution in [-0.2, 0) is 0 Å². The number of carbonyl (C=O) groups excluding carboxylic acids is 2. The highest BCUT2D eigenvalue weighted by Crippen LogP contribution is 2.33. The second-order valence-corrected chi connectivity index (χ2v) is 4.82. The van der Waals surface area contributed by atoms with E-state index in [1.807, 2.05) is 0 Å². The molecule has 6 nitrogen and oxygen atoms in total. The highest BCUT2D eigenvalue weighted by atomic mass is 16.5. The van der Waals surface area contributed by atoms with Gasteiger partial charge in [0.1, 0.15) is 17.2 Å². The Morgan fingerprint density at radius 3 is 2.00 bits per heavy atom. The van der Waals surface area contributed by atoms with Crippen LogP contribution < -0.4 is 9.47 Å². The molecule has 0 bridgehead atoms. The minimum absolute atomic E-state index is 0.0305. The van der Waals surface area contributed by atoms with E-state index in [0.717, 1.165) is 0 Å². The number of methoxy groups -OCH3 is 1. The third kappa shape index (κ3) is 2.14. The van der Waals surface area contributed by atoms with Crippen LogP contribution in [0.2, 0.25) is 0 Å². The number of aliphatic hydroxyl groups is 2. The highest BCUT2D eigenvalue weighted by Gasteiger charge is 2.51.